The van der Waals surface area contributed by atoms with Crippen molar-refractivity contribution >= 4 is 41.0 Å². The molecule has 0 fully saturated rings. The van der Waals surface area contributed by atoms with Crippen LogP contribution in [0, 0.1) is 5.41 Å². The summed E-state index contributed by atoms with van der Waals surface area (Å²) < 4.78 is 0. The number of hydrogen-bond donors (Lipinski definition) is 4. The van der Waals surface area contributed by atoms with Crippen LogP contribution >= 0.6 is 12.4 Å². The van der Waals surface area contributed by atoms with Gasteiger partial charge in [0.05, 0.1) is 0 Å². The minimum absolute atomic E-state index is 0. The normalized spacial score (nSPS) is 10.4. The molecule has 0 bridgehead atoms. The molecule has 2 rings (SSSR count). The summed E-state index contributed by atoms with van der Waals surface area (Å²) in [5.41, 5.74) is 11.6. The van der Waals surface area contributed by atoms with E-state index in [4.69, 9.17) is 16.9 Å². The van der Waals surface area contributed by atoms with Crippen LogP contribution in [-0.2, 0) is 4.79 Å². The van der Waals surface area contributed by atoms with Crippen molar-refractivity contribution in [1.29, 1.82) is 5.41 Å². The molecule has 6 heteroatoms. The Bertz CT molecular complexity index is 711. The number of nitrogens with two attached hydrogens (primary N) is 2. The fraction of sp³-hybridized carbons (Fsp3) is 0. The minimum atomic E-state index is -0.586. The fourth-order valence-electron chi connectivity index (χ4n) is 1.85. The van der Waals surface area contributed by atoms with E-state index in [-0.39, 0.29) is 24.0 Å². The molecule has 0 radical (unpaired) electrons. The number of phenols is 1. The number of phenolic OH excluding ortho intramolecular Hbond substituents is 1. The highest BCUT2D eigenvalue weighted by Crippen LogP contribution is 2.29. The van der Waals surface area contributed by atoms with Crippen molar-refractivity contribution in [2.75, 3.05) is 0 Å². The van der Waals surface area contributed by atoms with E-state index in [1.807, 2.05) is 0 Å². The molecular formula is C14H14ClN3O2. The van der Waals surface area contributed by atoms with Crippen LogP contribution in [0.1, 0.15) is 11.1 Å². The second-order valence-electron chi connectivity index (χ2n) is 4.08. The number of amidine groups is 1. The van der Waals surface area contributed by atoms with Crippen LogP contribution in [0.15, 0.2) is 36.4 Å². The van der Waals surface area contributed by atoms with Crippen molar-refractivity contribution in [2.24, 2.45) is 11.5 Å². The van der Waals surface area contributed by atoms with Crippen LogP contribution in [0.5, 0.6) is 5.75 Å². The van der Waals surface area contributed by atoms with E-state index in [2.05, 4.69) is 0 Å². The number of rotatable bonds is 3. The molecule has 0 heterocycles. The Labute approximate surface area is 121 Å². The van der Waals surface area contributed by atoms with E-state index in [0.717, 1.165) is 10.8 Å². The first-order valence-electron chi connectivity index (χ1n) is 5.56. The Morgan fingerprint density at radius 1 is 1.20 bits per heavy atom. The van der Waals surface area contributed by atoms with Crippen LogP contribution in [0.25, 0.3) is 16.8 Å². The van der Waals surface area contributed by atoms with Crippen LogP contribution < -0.4 is 11.5 Å². The summed E-state index contributed by atoms with van der Waals surface area (Å²) in [5, 5.41) is 18.8. The van der Waals surface area contributed by atoms with Crippen molar-refractivity contribution in [1.82, 2.24) is 0 Å². The number of nitrogen functional groups attached to an aromatic ring is 1. The average molecular weight is 292 g/mol. The van der Waals surface area contributed by atoms with Crippen LogP contribution in [0.2, 0.25) is 0 Å². The molecule has 0 aliphatic carbocycles. The van der Waals surface area contributed by atoms with Gasteiger partial charge in [-0.2, -0.15) is 0 Å². The Hall–Kier alpha value is -2.53. The first kappa shape index (κ1) is 15.5. The van der Waals surface area contributed by atoms with Gasteiger partial charge in [0.2, 0.25) is 5.91 Å². The highest BCUT2D eigenvalue weighted by molar-refractivity contribution is 6.02. The van der Waals surface area contributed by atoms with E-state index in [1.54, 1.807) is 24.3 Å². The van der Waals surface area contributed by atoms with Gasteiger partial charge in [0.15, 0.2) is 0 Å². The van der Waals surface area contributed by atoms with Crippen molar-refractivity contribution in [2.45, 2.75) is 0 Å². The van der Waals surface area contributed by atoms with E-state index in [1.165, 1.54) is 18.2 Å². The zero-order chi connectivity index (χ0) is 14.0. The number of primary amides is 1. The number of amides is 1. The van der Waals surface area contributed by atoms with Gasteiger partial charge in [-0.05, 0) is 29.0 Å². The molecule has 0 saturated heterocycles. The van der Waals surface area contributed by atoms with Gasteiger partial charge in [0.25, 0.3) is 0 Å². The van der Waals surface area contributed by atoms with Crippen LogP contribution in [0.3, 0.4) is 0 Å². The Morgan fingerprint density at radius 2 is 1.90 bits per heavy atom. The largest absolute Gasteiger partial charge is 0.507 e. The lowest BCUT2D eigenvalue weighted by Gasteiger charge is -2.07. The number of fused-ring (bicyclic) bond motifs is 1. The zero-order valence-corrected chi connectivity index (χ0v) is 11.3. The smallest absolute Gasteiger partial charge is 0.241 e. The number of benzene rings is 2. The van der Waals surface area contributed by atoms with E-state index in [9.17, 15) is 9.90 Å². The monoisotopic (exact) mass is 291 g/mol. The molecule has 0 saturated carbocycles. The molecule has 0 aliphatic rings. The molecule has 6 N–H and O–H groups in total. The predicted octanol–water partition coefficient (Wildman–Crippen LogP) is 1.75. The Morgan fingerprint density at radius 3 is 2.50 bits per heavy atom. The molecule has 5 nitrogen and oxygen atoms in total. The molecule has 0 aliphatic heterocycles. The van der Waals surface area contributed by atoms with Crippen molar-refractivity contribution < 1.29 is 9.90 Å². The summed E-state index contributed by atoms with van der Waals surface area (Å²) in [6.07, 6.45) is 2.65. The van der Waals surface area contributed by atoms with Gasteiger partial charge in [-0.25, -0.2) is 0 Å². The van der Waals surface area contributed by atoms with E-state index in [0.29, 0.717) is 11.1 Å². The zero-order valence-electron chi connectivity index (χ0n) is 10.5. The van der Waals surface area contributed by atoms with E-state index < -0.39 is 5.91 Å². The topological polar surface area (TPSA) is 113 Å². The first-order valence-corrected chi connectivity index (χ1v) is 5.56. The SMILES string of the molecule is Cl.N=C(N)c1ccc2c(C=CC(N)=O)c(O)ccc2c1. The highest BCUT2D eigenvalue weighted by atomic mass is 35.5. The predicted molar refractivity (Wildman–Crippen MR) is 82.1 cm³/mol. The molecule has 0 unspecified atom stereocenters. The molecule has 2 aromatic rings. The second kappa shape index (κ2) is 6.08. The van der Waals surface area contributed by atoms with Crippen molar-refractivity contribution in [3.8, 4) is 5.75 Å². The van der Waals surface area contributed by atoms with Gasteiger partial charge in [-0.15, -0.1) is 12.4 Å². The molecule has 0 atom stereocenters. The number of nitrogens with one attached hydrogen (secondary N) is 1. The first-order chi connectivity index (χ1) is 8.99. The lowest BCUT2D eigenvalue weighted by Crippen LogP contribution is -2.10. The quantitative estimate of drug-likeness (QED) is 0.392. The summed E-state index contributed by atoms with van der Waals surface area (Å²) in [7, 11) is 0. The average Bonchev–Trinajstić information content (AvgIpc) is 2.36. The number of hydrogen-bond acceptors (Lipinski definition) is 3. The standard InChI is InChI=1S/C14H13N3O2.ClH/c15-13(19)6-4-11-10-3-1-9(14(16)17)7-8(10)2-5-12(11)18;/h1-7,18H,(H2,15,19)(H3,16,17);1H. The molecule has 2 aromatic carbocycles. The molecule has 104 valence electrons. The van der Waals surface area contributed by atoms with Crippen LogP contribution in [-0.4, -0.2) is 16.8 Å². The van der Waals surface area contributed by atoms with Gasteiger partial charge in [-0.3, -0.25) is 10.2 Å². The Kier molecular flexibility index (Phi) is 4.72. The van der Waals surface area contributed by atoms with Crippen molar-refractivity contribution in [3.63, 3.8) is 0 Å². The fourth-order valence-corrected chi connectivity index (χ4v) is 1.85. The summed E-state index contributed by atoms with van der Waals surface area (Å²) in [4.78, 5) is 10.8. The van der Waals surface area contributed by atoms with Crippen molar-refractivity contribution in [3.05, 3.63) is 47.5 Å². The Balaban J connectivity index is 0.00000200. The third kappa shape index (κ3) is 3.07. The summed E-state index contributed by atoms with van der Waals surface area (Å²) in [5.74, 6) is -0.554. The highest BCUT2D eigenvalue weighted by Gasteiger charge is 2.06. The second-order valence-corrected chi connectivity index (χ2v) is 4.08. The van der Waals surface area contributed by atoms with E-state index >= 15 is 0 Å². The third-order valence-electron chi connectivity index (χ3n) is 2.76. The third-order valence-corrected chi connectivity index (χ3v) is 2.76. The number of carbonyl (C=O) groups is 1. The summed E-state index contributed by atoms with van der Waals surface area (Å²) in [6, 6.07) is 8.42. The summed E-state index contributed by atoms with van der Waals surface area (Å²) in [6.45, 7) is 0. The van der Waals surface area contributed by atoms with Gasteiger partial charge < -0.3 is 16.6 Å². The maximum absolute atomic E-state index is 10.8. The van der Waals surface area contributed by atoms with Gasteiger partial charge in [-0.1, -0.05) is 18.2 Å². The number of aromatic hydroxyl groups is 1. The summed E-state index contributed by atoms with van der Waals surface area (Å²) >= 11 is 0. The van der Waals surface area contributed by atoms with Gasteiger partial charge in [0.1, 0.15) is 11.6 Å². The maximum Gasteiger partial charge on any atom is 0.241 e. The van der Waals surface area contributed by atoms with Gasteiger partial charge in [0, 0.05) is 17.2 Å². The lowest BCUT2D eigenvalue weighted by atomic mass is 10.0. The minimum Gasteiger partial charge on any atom is -0.507 e. The molecule has 20 heavy (non-hydrogen) atoms. The number of halogens is 1. The number of carbonyl (C=O) groups excluding carboxylic acids is 1. The lowest BCUT2D eigenvalue weighted by molar-refractivity contribution is -0.113. The molecule has 1 amide bonds. The molecule has 0 spiro atoms. The molecule has 0 aromatic heterocycles. The maximum atomic E-state index is 10.8. The molecular weight excluding hydrogens is 278 g/mol. The van der Waals surface area contributed by atoms with Gasteiger partial charge >= 0.3 is 0 Å². The van der Waals surface area contributed by atoms with Crippen LogP contribution in [0.4, 0.5) is 0 Å².